The summed E-state index contributed by atoms with van der Waals surface area (Å²) in [5, 5.41) is 0. The molecule has 0 heterocycles. The van der Waals surface area contributed by atoms with E-state index in [0.29, 0.717) is 0 Å². The second kappa shape index (κ2) is 37.9. The molecule has 0 aromatic carbocycles. The van der Waals surface area contributed by atoms with Crippen molar-refractivity contribution in [2.75, 3.05) is 0 Å². The second-order valence-corrected chi connectivity index (χ2v) is 1.34. The van der Waals surface area contributed by atoms with Crippen LogP contribution in [0.3, 0.4) is 0 Å². The number of hydrogen-bond donors (Lipinski definition) is 2. The zero-order valence-corrected chi connectivity index (χ0v) is 10.6. The zero-order chi connectivity index (χ0) is 4.50. The van der Waals surface area contributed by atoms with E-state index in [1.165, 1.54) is 0 Å². The van der Waals surface area contributed by atoms with Crippen molar-refractivity contribution < 1.29 is 109 Å². The molecular weight excluding hydrogens is 247 g/mol. The minimum Gasteiger partial charge on any atom is -1.00 e. The Morgan fingerprint density at radius 3 is 0.692 bits per heavy atom. The quantitative estimate of drug-likeness (QED) is 0.317. The summed E-state index contributed by atoms with van der Waals surface area (Å²) in [4.78, 5) is 0. The molecule has 0 spiro atoms. The van der Waals surface area contributed by atoms with Crippen LogP contribution in [0, 0.1) is 0 Å². The SMILES string of the molecule is O.O.O.O.O.O.O.O=S(=O)(O)O.[H-].[K+]. The molecule has 0 amide bonds. The summed E-state index contributed by atoms with van der Waals surface area (Å²) in [7, 11) is -4.67. The molecule has 0 radical (unpaired) electrons. The van der Waals surface area contributed by atoms with E-state index >= 15 is 0 Å². The first-order valence-electron chi connectivity index (χ1n) is 0.698. The molecule has 90 valence electrons. The van der Waals surface area contributed by atoms with Gasteiger partial charge in [-0.3, -0.25) is 9.11 Å². The Morgan fingerprint density at radius 2 is 0.692 bits per heavy atom. The topological polar surface area (TPSA) is 295 Å². The van der Waals surface area contributed by atoms with Crippen LogP contribution in [0.5, 0.6) is 0 Å². The molecule has 0 fully saturated rings. The van der Waals surface area contributed by atoms with Gasteiger partial charge >= 0.3 is 61.8 Å². The van der Waals surface area contributed by atoms with Crippen molar-refractivity contribution in [2.45, 2.75) is 0 Å². The summed E-state index contributed by atoms with van der Waals surface area (Å²) < 4.78 is 31.6. The molecule has 0 rings (SSSR count). The largest absolute Gasteiger partial charge is 1.00 e. The molecule has 11 nitrogen and oxygen atoms in total. The van der Waals surface area contributed by atoms with Gasteiger partial charge in [0.25, 0.3) is 0 Å². The van der Waals surface area contributed by atoms with Crippen LogP contribution >= 0.6 is 0 Å². The predicted octanol–water partition coefficient (Wildman–Crippen LogP) is -9.31. The molecule has 0 aliphatic carbocycles. The molecule has 0 aromatic rings. The monoisotopic (exact) mass is 264 g/mol. The molecule has 13 heavy (non-hydrogen) atoms. The van der Waals surface area contributed by atoms with Gasteiger partial charge in [-0.25, -0.2) is 0 Å². The van der Waals surface area contributed by atoms with Crippen LogP contribution in [0.15, 0.2) is 0 Å². The van der Waals surface area contributed by atoms with E-state index in [-0.39, 0.29) is 91.1 Å². The Kier molecular flexibility index (Phi) is 265. The van der Waals surface area contributed by atoms with Crippen LogP contribution < -0.4 is 51.4 Å². The molecule has 0 bridgehead atoms. The first-order chi connectivity index (χ1) is 2.00. The molecular formula is H17KO11S. The van der Waals surface area contributed by atoms with Crippen LogP contribution in [-0.2, 0) is 10.4 Å². The smallest absolute Gasteiger partial charge is 1.00 e. The number of rotatable bonds is 0. The summed E-state index contributed by atoms with van der Waals surface area (Å²) in [6.45, 7) is 0. The van der Waals surface area contributed by atoms with Crippen LogP contribution in [0.1, 0.15) is 1.43 Å². The number of hydrogen-bond acceptors (Lipinski definition) is 2. The zero-order valence-electron chi connectivity index (χ0n) is 7.62. The van der Waals surface area contributed by atoms with Crippen LogP contribution in [0.4, 0.5) is 0 Å². The molecule has 0 aliphatic rings. The normalized spacial score (nSPS) is 4.46. The van der Waals surface area contributed by atoms with E-state index in [0.717, 1.165) is 0 Å². The first kappa shape index (κ1) is 91.1. The Morgan fingerprint density at radius 1 is 0.692 bits per heavy atom. The van der Waals surface area contributed by atoms with E-state index in [9.17, 15) is 0 Å². The fourth-order valence-corrected chi connectivity index (χ4v) is 0. The van der Waals surface area contributed by atoms with E-state index < -0.39 is 10.4 Å². The standard InChI is InChI=1S/K.H2O4S.7H2O.H/c;1-5(2,3)4;;;;;;;;/h;(H2,1,2,3,4);7*1H2;/q+1;;;;;;;;;-1. The van der Waals surface area contributed by atoms with Gasteiger partial charge in [-0.05, 0) is 0 Å². The third-order valence-electron chi connectivity index (χ3n) is 0. The fraction of sp³-hybridized carbons (Fsp3) is 0. The Labute approximate surface area is 118 Å². The van der Waals surface area contributed by atoms with Gasteiger partial charge in [-0.2, -0.15) is 8.42 Å². The molecule has 0 aromatic heterocycles. The van der Waals surface area contributed by atoms with Gasteiger partial charge in [0.15, 0.2) is 0 Å². The van der Waals surface area contributed by atoms with Gasteiger partial charge in [0.05, 0.1) is 0 Å². The first-order valence-corrected chi connectivity index (χ1v) is 2.10. The maximum absolute atomic E-state index is 8.74. The summed E-state index contributed by atoms with van der Waals surface area (Å²) >= 11 is 0. The van der Waals surface area contributed by atoms with Crippen molar-refractivity contribution in [1.29, 1.82) is 0 Å². The summed E-state index contributed by atoms with van der Waals surface area (Å²) in [5.41, 5.74) is 0. The van der Waals surface area contributed by atoms with E-state index in [1.807, 2.05) is 0 Å². The molecule has 0 unspecified atom stereocenters. The Balaban J connectivity index is -0.00000000222. The molecule has 16 N–H and O–H groups in total. The summed E-state index contributed by atoms with van der Waals surface area (Å²) in [6, 6.07) is 0. The van der Waals surface area contributed by atoms with Crippen molar-refractivity contribution in [2.24, 2.45) is 0 Å². The van der Waals surface area contributed by atoms with Crippen molar-refractivity contribution in [1.82, 2.24) is 0 Å². The van der Waals surface area contributed by atoms with E-state index in [2.05, 4.69) is 0 Å². The van der Waals surface area contributed by atoms with Gasteiger partial charge in [-0.1, -0.05) is 0 Å². The molecule has 0 aliphatic heterocycles. The molecule has 0 atom stereocenters. The fourth-order valence-electron chi connectivity index (χ4n) is 0. The Hall–Kier alpha value is 1.23. The minimum atomic E-state index is -4.67. The third kappa shape index (κ3) is 1110. The van der Waals surface area contributed by atoms with E-state index in [4.69, 9.17) is 17.5 Å². The average Bonchev–Trinajstić information content (AvgIpc) is 0.722. The molecule has 0 saturated carbocycles. The van der Waals surface area contributed by atoms with Crippen molar-refractivity contribution >= 4 is 10.4 Å². The van der Waals surface area contributed by atoms with E-state index in [1.54, 1.807) is 0 Å². The van der Waals surface area contributed by atoms with Gasteiger partial charge in [0, 0.05) is 0 Å². The van der Waals surface area contributed by atoms with Gasteiger partial charge in [0.1, 0.15) is 0 Å². The van der Waals surface area contributed by atoms with Crippen LogP contribution in [-0.4, -0.2) is 55.9 Å². The minimum absolute atomic E-state index is 0. The maximum atomic E-state index is 8.74. The van der Waals surface area contributed by atoms with Crippen LogP contribution in [0.2, 0.25) is 0 Å². The van der Waals surface area contributed by atoms with Crippen LogP contribution in [0.25, 0.3) is 0 Å². The Bertz CT molecular complexity index is 98.5. The molecule has 13 heteroatoms. The maximum Gasteiger partial charge on any atom is 1.00 e. The third-order valence-corrected chi connectivity index (χ3v) is 0. The van der Waals surface area contributed by atoms with Gasteiger partial charge in [-0.15, -0.1) is 0 Å². The van der Waals surface area contributed by atoms with Gasteiger partial charge in [0.2, 0.25) is 0 Å². The summed E-state index contributed by atoms with van der Waals surface area (Å²) in [5.74, 6) is 0. The van der Waals surface area contributed by atoms with Gasteiger partial charge < -0.3 is 39.8 Å². The summed E-state index contributed by atoms with van der Waals surface area (Å²) in [6.07, 6.45) is 0. The van der Waals surface area contributed by atoms with Crippen molar-refractivity contribution in [3.63, 3.8) is 0 Å². The second-order valence-electron chi connectivity index (χ2n) is 0.448. The van der Waals surface area contributed by atoms with Crippen molar-refractivity contribution in [3.05, 3.63) is 0 Å². The average molecular weight is 264 g/mol. The molecule has 0 saturated heterocycles. The van der Waals surface area contributed by atoms with Crippen molar-refractivity contribution in [3.8, 4) is 0 Å². The predicted molar refractivity (Wildman–Crippen MR) is 40.6 cm³/mol.